The number of rotatable bonds is 4. The third-order valence-corrected chi connectivity index (χ3v) is 4.01. The highest BCUT2D eigenvalue weighted by atomic mass is 15.1. The van der Waals surface area contributed by atoms with E-state index in [-0.39, 0.29) is 0 Å². The van der Waals surface area contributed by atoms with Gasteiger partial charge in [0.25, 0.3) is 0 Å². The molecule has 1 unspecified atom stereocenters. The molecule has 0 bridgehead atoms. The maximum atomic E-state index is 3.49. The van der Waals surface area contributed by atoms with Gasteiger partial charge in [-0.1, -0.05) is 6.42 Å². The van der Waals surface area contributed by atoms with Crippen molar-refractivity contribution in [2.75, 3.05) is 32.7 Å². The summed E-state index contributed by atoms with van der Waals surface area (Å²) in [6, 6.07) is 0. The summed E-state index contributed by atoms with van der Waals surface area (Å²) in [7, 11) is 0. The lowest BCUT2D eigenvalue weighted by atomic mass is 9.95. The lowest BCUT2D eigenvalue weighted by molar-refractivity contribution is 0.228. The maximum Gasteiger partial charge on any atom is -0.00159 e. The molecule has 2 aliphatic rings. The zero-order valence-electron chi connectivity index (χ0n) is 10.6. The second kappa shape index (κ2) is 7.29. The van der Waals surface area contributed by atoms with E-state index in [1.54, 1.807) is 0 Å². The van der Waals surface area contributed by atoms with Crippen molar-refractivity contribution in [1.82, 2.24) is 10.2 Å². The molecule has 2 heteroatoms. The maximum absolute atomic E-state index is 3.49. The first-order valence-corrected chi connectivity index (χ1v) is 7.21. The van der Waals surface area contributed by atoms with Gasteiger partial charge in [-0.15, -0.1) is 0 Å². The molecule has 1 atom stereocenters. The molecule has 2 nitrogen and oxygen atoms in total. The van der Waals surface area contributed by atoms with Gasteiger partial charge in [0.15, 0.2) is 0 Å². The van der Waals surface area contributed by atoms with Gasteiger partial charge in [0, 0.05) is 0 Å². The summed E-state index contributed by atoms with van der Waals surface area (Å²) in [4.78, 5) is 2.65. The predicted molar refractivity (Wildman–Crippen MR) is 69.4 cm³/mol. The third kappa shape index (κ3) is 4.42. The quantitative estimate of drug-likeness (QED) is 0.787. The van der Waals surface area contributed by atoms with Crippen LogP contribution in [0.2, 0.25) is 0 Å². The average molecular weight is 223 g/mol. The lowest BCUT2D eigenvalue weighted by Crippen LogP contribution is -2.30. The molecule has 0 aromatic heterocycles. The van der Waals surface area contributed by atoms with E-state index in [9.17, 15) is 0 Å². The van der Waals surface area contributed by atoms with Gasteiger partial charge in [-0.05, 0) is 83.6 Å². The smallest absolute Gasteiger partial charge is 0.00159 e. The molecule has 0 amide bonds. The molecule has 0 aliphatic carbocycles. The van der Waals surface area contributed by atoms with E-state index >= 15 is 0 Å². The minimum absolute atomic E-state index is 0.889. The number of piperidine rings is 1. The molecule has 16 heavy (non-hydrogen) atoms. The molecule has 2 fully saturated rings. The van der Waals surface area contributed by atoms with Gasteiger partial charge in [-0.3, -0.25) is 0 Å². The zero-order chi connectivity index (χ0) is 11.1. The monoisotopic (exact) mass is 223 g/mol. The summed E-state index contributed by atoms with van der Waals surface area (Å²) in [5.74, 6) is 0.889. The largest absolute Gasteiger partial charge is 0.317 e. The Morgan fingerprint density at radius 3 is 2.75 bits per heavy atom. The van der Waals surface area contributed by atoms with Gasteiger partial charge in [-0.25, -0.2) is 0 Å². The Kier molecular flexibility index (Phi) is 5.64. The van der Waals surface area contributed by atoms with Crippen molar-refractivity contribution in [2.45, 2.75) is 44.9 Å². The van der Waals surface area contributed by atoms with E-state index in [1.165, 1.54) is 77.7 Å². The number of nitrogens with one attached hydrogen (secondary N) is 1. The SMILES string of the molecule is [CH](CCN1CCCCC1)C1CCCNCC1. The van der Waals surface area contributed by atoms with Crippen molar-refractivity contribution in [3.8, 4) is 0 Å². The van der Waals surface area contributed by atoms with Crippen LogP contribution in [0.4, 0.5) is 0 Å². The van der Waals surface area contributed by atoms with E-state index in [0.29, 0.717) is 0 Å². The summed E-state index contributed by atoms with van der Waals surface area (Å²) >= 11 is 0. The molecule has 93 valence electrons. The molecular formula is C14H27N2. The molecule has 1 N–H and O–H groups in total. The summed E-state index contributed by atoms with van der Waals surface area (Å²) in [6.07, 6.45) is 12.3. The topological polar surface area (TPSA) is 15.3 Å². The molecule has 0 aromatic carbocycles. The van der Waals surface area contributed by atoms with E-state index in [2.05, 4.69) is 16.6 Å². The Bertz CT molecular complexity index is 168. The summed E-state index contributed by atoms with van der Waals surface area (Å²) < 4.78 is 0. The number of likely N-dealkylation sites (tertiary alicyclic amines) is 1. The van der Waals surface area contributed by atoms with Crippen LogP contribution < -0.4 is 5.32 Å². The van der Waals surface area contributed by atoms with Gasteiger partial charge < -0.3 is 10.2 Å². The van der Waals surface area contributed by atoms with Crippen molar-refractivity contribution in [3.63, 3.8) is 0 Å². The molecule has 2 aliphatic heterocycles. The summed E-state index contributed by atoms with van der Waals surface area (Å²) in [5, 5.41) is 3.49. The fraction of sp³-hybridized carbons (Fsp3) is 0.929. The van der Waals surface area contributed by atoms with Crippen molar-refractivity contribution >= 4 is 0 Å². The van der Waals surface area contributed by atoms with Gasteiger partial charge in [-0.2, -0.15) is 0 Å². The van der Waals surface area contributed by atoms with Crippen LogP contribution in [0.1, 0.15) is 44.9 Å². The third-order valence-electron chi connectivity index (χ3n) is 4.01. The van der Waals surface area contributed by atoms with Crippen LogP contribution in [-0.2, 0) is 0 Å². The van der Waals surface area contributed by atoms with Crippen LogP contribution in [0.3, 0.4) is 0 Å². The Labute approximate surface area is 101 Å². The summed E-state index contributed by atoms with van der Waals surface area (Å²) in [5.41, 5.74) is 0. The molecule has 0 saturated carbocycles. The van der Waals surface area contributed by atoms with Crippen molar-refractivity contribution in [2.24, 2.45) is 5.92 Å². The van der Waals surface area contributed by atoms with Crippen molar-refractivity contribution < 1.29 is 0 Å². The molecular weight excluding hydrogens is 196 g/mol. The standard InChI is InChI=1S/C14H27N2/c1-2-11-16(12-3-1)13-5-7-14-6-4-9-15-10-8-14/h7,14-15H,1-6,8-13H2. The Balaban J connectivity index is 1.55. The predicted octanol–water partition coefficient (Wildman–Crippen LogP) is 2.46. The first-order chi connectivity index (χ1) is 7.95. The fourth-order valence-electron chi connectivity index (χ4n) is 2.96. The van der Waals surface area contributed by atoms with E-state index in [0.717, 1.165) is 5.92 Å². The second-order valence-corrected chi connectivity index (χ2v) is 5.37. The zero-order valence-corrected chi connectivity index (χ0v) is 10.6. The van der Waals surface area contributed by atoms with Gasteiger partial charge in [0.2, 0.25) is 0 Å². The minimum atomic E-state index is 0.889. The molecule has 2 saturated heterocycles. The number of hydrogen-bond acceptors (Lipinski definition) is 2. The fourth-order valence-corrected chi connectivity index (χ4v) is 2.96. The van der Waals surface area contributed by atoms with E-state index in [4.69, 9.17) is 0 Å². The molecule has 0 spiro atoms. The van der Waals surface area contributed by atoms with Crippen molar-refractivity contribution in [3.05, 3.63) is 6.42 Å². The minimum Gasteiger partial charge on any atom is -0.317 e. The number of hydrogen-bond donors (Lipinski definition) is 1. The average Bonchev–Trinajstić information content (AvgIpc) is 2.59. The highest BCUT2D eigenvalue weighted by molar-refractivity contribution is 4.81. The van der Waals surface area contributed by atoms with Crippen LogP contribution in [0, 0.1) is 12.3 Å². The molecule has 1 radical (unpaired) electrons. The van der Waals surface area contributed by atoms with Gasteiger partial charge in [0.1, 0.15) is 0 Å². The Morgan fingerprint density at radius 1 is 1.00 bits per heavy atom. The van der Waals surface area contributed by atoms with E-state index < -0.39 is 0 Å². The summed E-state index contributed by atoms with van der Waals surface area (Å²) in [6.45, 7) is 6.46. The molecule has 2 rings (SSSR count). The van der Waals surface area contributed by atoms with Crippen LogP contribution in [0.15, 0.2) is 0 Å². The molecule has 0 aromatic rings. The Hall–Kier alpha value is -0.0800. The normalized spacial score (nSPS) is 28.9. The highest BCUT2D eigenvalue weighted by Gasteiger charge is 2.13. The lowest BCUT2D eigenvalue weighted by Gasteiger charge is -2.26. The second-order valence-electron chi connectivity index (χ2n) is 5.37. The first kappa shape index (κ1) is 12.4. The first-order valence-electron chi connectivity index (χ1n) is 7.21. The Morgan fingerprint density at radius 2 is 1.88 bits per heavy atom. The van der Waals surface area contributed by atoms with Crippen molar-refractivity contribution in [1.29, 1.82) is 0 Å². The van der Waals surface area contributed by atoms with Crippen LogP contribution >= 0.6 is 0 Å². The van der Waals surface area contributed by atoms with Gasteiger partial charge >= 0.3 is 0 Å². The van der Waals surface area contributed by atoms with E-state index in [1.807, 2.05) is 0 Å². The number of nitrogens with zero attached hydrogens (tertiary/aromatic N) is 1. The highest BCUT2D eigenvalue weighted by Crippen LogP contribution is 2.19. The van der Waals surface area contributed by atoms with Gasteiger partial charge in [0.05, 0.1) is 0 Å². The van der Waals surface area contributed by atoms with Crippen LogP contribution in [0.5, 0.6) is 0 Å². The van der Waals surface area contributed by atoms with Crippen LogP contribution in [0.25, 0.3) is 0 Å². The van der Waals surface area contributed by atoms with Crippen LogP contribution in [-0.4, -0.2) is 37.6 Å². The molecule has 2 heterocycles.